The Morgan fingerprint density at radius 3 is 2.88 bits per heavy atom. The van der Waals surface area contributed by atoms with Crippen LogP contribution >= 0.6 is 0 Å². The zero-order valence-corrected chi connectivity index (χ0v) is 14.2. The summed E-state index contributed by atoms with van der Waals surface area (Å²) in [6.07, 6.45) is 8.11. The number of aromatic amines is 1. The number of nitrogens with zero attached hydrogens (tertiary/aromatic N) is 1. The highest BCUT2D eigenvalue weighted by molar-refractivity contribution is 5.94. The average Bonchev–Trinajstić information content (AvgIpc) is 3.09. The molecule has 0 saturated heterocycles. The number of amides is 2. The van der Waals surface area contributed by atoms with E-state index in [1.807, 2.05) is 0 Å². The number of imidazole rings is 1. The van der Waals surface area contributed by atoms with Crippen molar-refractivity contribution in [3.05, 3.63) is 17.7 Å². The number of hydrogen-bond acceptors (Lipinski definition) is 5. The van der Waals surface area contributed by atoms with Gasteiger partial charge in [-0.2, -0.15) is 0 Å². The molecule has 1 aliphatic carbocycles. The van der Waals surface area contributed by atoms with Gasteiger partial charge in [-0.05, 0) is 12.8 Å². The fourth-order valence-corrected chi connectivity index (χ4v) is 2.65. The molecule has 1 aromatic heterocycles. The van der Waals surface area contributed by atoms with Crippen LogP contribution in [0.2, 0.25) is 0 Å². The first-order valence-electron chi connectivity index (χ1n) is 8.54. The van der Waals surface area contributed by atoms with Crippen molar-refractivity contribution in [2.75, 3.05) is 26.7 Å². The van der Waals surface area contributed by atoms with E-state index in [0.717, 1.165) is 6.54 Å². The van der Waals surface area contributed by atoms with Crippen molar-refractivity contribution in [3.8, 4) is 0 Å². The van der Waals surface area contributed by atoms with Gasteiger partial charge in [0.15, 0.2) is 0 Å². The highest BCUT2D eigenvalue weighted by Gasteiger charge is 2.13. The maximum atomic E-state index is 11.8. The van der Waals surface area contributed by atoms with Gasteiger partial charge in [0.25, 0.3) is 5.91 Å². The van der Waals surface area contributed by atoms with E-state index in [4.69, 9.17) is 4.74 Å². The van der Waals surface area contributed by atoms with Crippen molar-refractivity contribution in [1.29, 1.82) is 0 Å². The van der Waals surface area contributed by atoms with E-state index in [0.29, 0.717) is 30.8 Å². The number of likely N-dealkylation sites (N-methyl/N-ethyl adjacent to an activating group) is 1. The molecule has 2 rings (SSSR count). The quantitative estimate of drug-likeness (QED) is 0.486. The summed E-state index contributed by atoms with van der Waals surface area (Å²) in [5, 5.41) is 8.19. The van der Waals surface area contributed by atoms with Crippen LogP contribution in [-0.4, -0.2) is 54.6 Å². The molecule has 8 nitrogen and oxygen atoms in total. The van der Waals surface area contributed by atoms with Crippen molar-refractivity contribution in [2.45, 2.75) is 44.8 Å². The first kappa shape index (κ1) is 18.4. The highest BCUT2D eigenvalue weighted by Crippen LogP contribution is 2.19. The van der Waals surface area contributed by atoms with Gasteiger partial charge in [0.05, 0.1) is 32.0 Å². The maximum Gasteiger partial charge on any atom is 0.269 e. The van der Waals surface area contributed by atoms with E-state index in [1.165, 1.54) is 45.3 Å². The van der Waals surface area contributed by atoms with Gasteiger partial charge < -0.3 is 25.7 Å². The van der Waals surface area contributed by atoms with Crippen LogP contribution in [0.5, 0.6) is 0 Å². The Bertz CT molecular complexity index is 526. The molecule has 2 amide bonds. The summed E-state index contributed by atoms with van der Waals surface area (Å²) >= 11 is 0. The molecule has 0 aromatic carbocycles. The van der Waals surface area contributed by atoms with Gasteiger partial charge >= 0.3 is 0 Å². The zero-order chi connectivity index (χ0) is 17.2. The highest BCUT2D eigenvalue weighted by atomic mass is 16.5. The van der Waals surface area contributed by atoms with E-state index < -0.39 is 0 Å². The molecule has 0 unspecified atom stereocenters. The third-order valence-electron chi connectivity index (χ3n) is 4.04. The lowest BCUT2D eigenvalue weighted by atomic mass is 9.98. The predicted octanol–water partition coefficient (Wildman–Crippen LogP) is 0.324. The van der Waals surface area contributed by atoms with Crippen LogP contribution in [0.25, 0.3) is 0 Å². The lowest BCUT2D eigenvalue weighted by Gasteiger charge is -2.21. The second kappa shape index (κ2) is 10.0. The predicted molar refractivity (Wildman–Crippen MR) is 89.5 cm³/mol. The van der Waals surface area contributed by atoms with Crippen molar-refractivity contribution in [3.63, 3.8) is 0 Å². The van der Waals surface area contributed by atoms with Crippen LogP contribution in [0.4, 0.5) is 0 Å². The van der Waals surface area contributed by atoms with Gasteiger partial charge in [0.2, 0.25) is 5.91 Å². The number of carbonyl (C=O) groups is 2. The lowest BCUT2D eigenvalue weighted by molar-refractivity contribution is -0.119. The molecule has 0 bridgehead atoms. The summed E-state index contributed by atoms with van der Waals surface area (Å²) in [5.41, 5.74) is 0.342. The van der Waals surface area contributed by atoms with Crippen LogP contribution in [-0.2, 0) is 16.1 Å². The lowest BCUT2D eigenvalue weighted by Crippen LogP contribution is -2.35. The summed E-state index contributed by atoms with van der Waals surface area (Å²) in [7, 11) is 1.52. The molecule has 134 valence electrons. The van der Waals surface area contributed by atoms with Crippen LogP contribution < -0.4 is 16.0 Å². The summed E-state index contributed by atoms with van der Waals surface area (Å²) in [6, 6.07) is 0. The Kier molecular flexibility index (Phi) is 7.70. The molecule has 24 heavy (non-hydrogen) atoms. The van der Waals surface area contributed by atoms with E-state index in [9.17, 15) is 9.59 Å². The Morgan fingerprint density at radius 2 is 2.12 bits per heavy atom. The largest absolute Gasteiger partial charge is 0.377 e. The topological polar surface area (TPSA) is 108 Å². The SMILES string of the molecule is CNC(=O)CNC(=O)c1cnc(CNCCOC2CCCCC2)[nH]1. The van der Waals surface area contributed by atoms with Crippen molar-refractivity contribution >= 4 is 11.8 Å². The van der Waals surface area contributed by atoms with Gasteiger partial charge in [-0.3, -0.25) is 9.59 Å². The second-order valence-corrected chi connectivity index (χ2v) is 5.91. The van der Waals surface area contributed by atoms with Gasteiger partial charge in [-0.1, -0.05) is 19.3 Å². The normalized spacial score (nSPS) is 15.2. The first-order valence-corrected chi connectivity index (χ1v) is 8.54. The molecule has 0 atom stereocenters. The minimum absolute atomic E-state index is 0.0551. The zero-order valence-electron chi connectivity index (χ0n) is 14.2. The van der Waals surface area contributed by atoms with E-state index in [1.54, 1.807) is 0 Å². The van der Waals surface area contributed by atoms with Crippen molar-refractivity contribution in [1.82, 2.24) is 25.9 Å². The minimum Gasteiger partial charge on any atom is -0.377 e. The molecule has 1 aliphatic rings. The van der Waals surface area contributed by atoms with E-state index in [-0.39, 0.29) is 18.4 Å². The van der Waals surface area contributed by atoms with Crippen LogP contribution in [0.15, 0.2) is 6.20 Å². The number of H-pyrrole nitrogens is 1. The maximum absolute atomic E-state index is 11.8. The number of rotatable bonds is 9. The van der Waals surface area contributed by atoms with Gasteiger partial charge in [-0.15, -0.1) is 0 Å². The Morgan fingerprint density at radius 1 is 1.33 bits per heavy atom. The average molecular weight is 337 g/mol. The Balaban J connectivity index is 1.60. The number of hydrogen-bond donors (Lipinski definition) is 4. The third kappa shape index (κ3) is 6.29. The van der Waals surface area contributed by atoms with Gasteiger partial charge in [0, 0.05) is 13.6 Å². The van der Waals surface area contributed by atoms with Crippen LogP contribution in [0.1, 0.15) is 48.4 Å². The molecule has 0 aliphatic heterocycles. The van der Waals surface area contributed by atoms with Crippen LogP contribution in [0, 0.1) is 0 Å². The third-order valence-corrected chi connectivity index (χ3v) is 4.04. The molecule has 0 radical (unpaired) electrons. The molecule has 8 heteroatoms. The minimum atomic E-state index is -0.349. The van der Waals surface area contributed by atoms with Gasteiger partial charge in [-0.25, -0.2) is 4.98 Å². The molecule has 1 saturated carbocycles. The number of aromatic nitrogens is 2. The van der Waals surface area contributed by atoms with E-state index >= 15 is 0 Å². The molecule has 1 aromatic rings. The van der Waals surface area contributed by atoms with Gasteiger partial charge in [0.1, 0.15) is 11.5 Å². The number of nitrogens with one attached hydrogen (secondary N) is 4. The fourth-order valence-electron chi connectivity index (χ4n) is 2.65. The first-order chi connectivity index (χ1) is 11.7. The summed E-state index contributed by atoms with van der Waals surface area (Å²) < 4.78 is 5.83. The Hall–Kier alpha value is -1.93. The fraction of sp³-hybridized carbons (Fsp3) is 0.688. The summed E-state index contributed by atoms with van der Waals surface area (Å²) in [4.78, 5) is 30.0. The molecule has 0 spiro atoms. The number of ether oxygens (including phenoxy) is 1. The summed E-state index contributed by atoms with van der Waals surface area (Å²) in [6.45, 7) is 1.91. The van der Waals surface area contributed by atoms with Crippen molar-refractivity contribution < 1.29 is 14.3 Å². The smallest absolute Gasteiger partial charge is 0.269 e. The van der Waals surface area contributed by atoms with Crippen molar-refractivity contribution in [2.24, 2.45) is 0 Å². The number of carbonyl (C=O) groups excluding carboxylic acids is 2. The molecular formula is C16H27N5O3. The monoisotopic (exact) mass is 337 g/mol. The molecular weight excluding hydrogens is 310 g/mol. The second-order valence-electron chi connectivity index (χ2n) is 5.91. The summed E-state index contributed by atoms with van der Waals surface area (Å²) in [5.74, 6) is 0.0819. The molecule has 4 N–H and O–H groups in total. The van der Waals surface area contributed by atoms with Crippen LogP contribution in [0.3, 0.4) is 0 Å². The molecule has 1 heterocycles. The van der Waals surface area contributed by atoms with E-state index in [2.05, 4.69) is 25.9 Å². The standard InChI is InChI=1S/C16H27N5O3/c1-17-15(22)11-20-16(23)13-9-19-14(21-13)10-18-7-8-24-12-5-3-2-4-6-12/h9,12,18H,2-8,10-11H2,1H3,(H,17,22)(H,19,21)(H,20,23). The molecule has 1 fully saturated rings. The Labute approximate surface area is 142 Å².